The van der Waals surface area contributed by atoms with E-state index in [0.29, 0.717) is 0 Å². The molecule has 8 heteroatoms. The Morgan fingerprint density at radius 1 is 1.27 bits per heavy atom. The van der Waals surface area contributed by atoms with E-state index >= 15 is 0 Å². The molecule has 2 atom stereocenters. The number of nitrogens with two attached hydrogens (primary N) is 1. The Labute approximate surface area is 127 Å². The van der Waals surface area contributed by atoms with Gasteiger partial charge in [0.2, 0.25) is 5.91 Å². The van der Waals surface area contributed by atoms with Gasteiger partial charge in [0, 0.05) is 6.42 Å². The van der Waals surface area contributed by atoms with Gasteiger partial charge in [-0.2, -0.15) is 5.26 Å². The molecule has 0 fully saturated rings. The van der Waals surface area contributed by atoms with Crippen LogP contribution in [0.5, 0.6) is 0 Å². The summed E-state index contributed by atoms with van der Waals surface area (Å²) in [4.78, 5) is 37.9. The minimum atomic E-state index is -1.25. The smallest absolute Gasteiger partial charge is 0.344 e. The van der Waals surface area contributed by atoms with Crippen molar-refractivity contribution in [3.05, 3.63) is 35.9 Å². The predicted octanol–water partition coefficient (Wildman–Crippen LogP) is -0.379. The molecule has 0 aromatic heterocycles. The molecule has 2 unspecified atom stereocenters. The number of ether oxygens (including phenoxy) is 1. The number of benzene rings is 1. The summed E-state index contributed by atoms with van der Waals surface area (Å²) in [7, 11) is 1.20. The minimum Gasteiger partial charge on any atom is -0.467 e. The number of hydrogen-bond donors (Lipinski definition) is 3. The van der Waals surface area contributed by atoms with Crippen molar-refractivity contribution in [3.63, 3.8) is 0 Å². The van der Waals surface area contributed by atoms with Gasteiger partial charge in [-0.1, -0.05) is 30.3 Å². The molecular weight excluding hydrogens is 292 g/mol. The first-order valence-corrected chi connectivity index (χ1v) is 6.50. The van der Waals surface area contributed by atoms with E-state index in [1.807, 2.05) is 6.07 Å². The van der Waals surface area contributed by atoms with Gasteiger partial charge in [0.1, 0.15) is 6.04 Å². The summed E-state index contributed by atoms with van der Waals surface area (Å²) in [5.41, 5.74) is 6.32. The number of methoxy groups -OCH3 is 1. The molecule has 1 aromatic rings. The normalized spacial score (nSPS) is 12.9. The lowest BCUT2D eigenvalue weighted by Crippen LogP contribution is -2.50. The summed E-state index contributed by atoms with van der Waals surface area (Å²) < 4.78 is 4.64. The molecule has 8 nitrogen and oxygen atoms in total. The Balaban J connectivity index is 2.70. The molecule has 0 heterocycles. The van der Waals surface area contributed by atoms with Gasteiger partial charge in [0.15, 0.2) is 0 Å². The summed E-state index contributed by atoms with van der Waals surface area (Å²) in [5, 5.41) is 10.6. The van der Waals surface area contributed by atoms with Crippen LogP contribution in [-0.4, -0.2) is 42.3 Å². The highest BCUT2D eigenvalue weighted by Gasteiger charge is 2.26. The molecule has 0 spiro atoms. The van der Waals surface area contributed by atoms with Crippen LogP contribution in [0.15, 0.2) is 30.3 Å². The van der Waals surface area contributed by atoms with Crippen molar-refractivity contribution in [1.82, 2.24) is 5.32 Å². The Morgan fingerprint density at radius 3 is 2.45 bits per heavy atom. The molecule has 0 saturated heterocycles. The van der Waals surface area contributed by atoms with Gasteiger partial charge in [-0.05, 0) is 5.56 Å². The molecule has 120 valence electrons. The SMILES string of the molecule is COC(=O)C(Cc1ccccc1)NC(=O)C(N)CC(=O)OO. The van der Waals surface area contributed by atoms with E-state index < -0.39 is 36.4 Å². The van der Waals surface area contributed by atoms with Crippen LogP contribution >= 0.6 is 0 Å². The standard InChI is InChI=1S/C14H18N2O6/c1-21-14(19)11(7-9-5-3-2-4-6-9)16-13(18)10(15)8-12(17)22-20/h2-6,10-11,20H,7-8,15H2,1H3,(H,16,18). The molecule has 0 bridgehead atoms. The van der Waals surface area contributed by atoms with Crippen molar-refractivity contribution in [3.8, 4) is 0 Å². The fourth-order valence-corrected chi connectivity index (χ4v) is 1.77. The van der Waals surface area contributed by atoms with E-state index in [9.17, 15) is 14.4 Å². The molecule has 1 rings (SSSR count). The average molecular weight is 310 g/mol. The van der Waals surface area contributed by atoms with E-state index in [0.717, 1.165) is 5.56 Å². The fraction of sp³-hybridized carbons (Fsp3) is 0.357. The van der Waals surface area contributed by atoms with E-state index in [2.05, 4.69) is 14.9 Å². The van der Waals surface area contributed by atoms with Crippen molar-refractivity contribution in [2.24, 2.45) is 5.73 Å². The molecule has 0 aliphatic carbocycles. The summed E-state index contributed by atoms with van der Waals surface area (Å²) >= 11 is 0. The van der Waals surface area contributed by atoms with Crippen molar-refractivity contribution in [1.29, 1.82) is 0 Å². The lowest BCUT2D eigenvalue weighted by atomic mass is 10.1. The molecule has 1 amide bonds. The second kappa shape index (κ2) is 8.75. The number of amides is 1. The second-order valence-electron chi connectivity index (χ2n) is 4.55. The zero-order valence-electron chi connectivity index (χ0n) is 12.0. The number of esters is 1. The van der Waals surface area contributed by atoms with E-state index in [1.54, 1.807) is 24.3 Å². The highest BCUT2D eigenvalue weighted by Crippen LogP contribution is 2.05. The molecule has 0 saturated carbocycles. The third kappa shape index (κ3) is 5.51. The van der Waals surface area contributed by atoms with E-state index in [4.69, 9.17) is 11.0 Å². The van der Waals surface area contributed by atoms with Crippen LogP contribution in [0.25, 0.3) is 0 Å². The fourth-order valence-electron chi connectivity index (χ4n) is 1.77. The van der Waals surface area contributed by atoms with Gasteiger partial charge in [0.05, 0.1) is 19.6 Å². The first kappa shape index (κ1) is 17.6. The Kier molecular flexibility index (Phi) is 7.00. The summed E-state index contributed by atoms with van der Waals surface area (Å²) in [6.07, 6.45) is -0.294. The highest BCUT2D eigenvalue weighted by molar-refractivity contribution is 5.90. The third-order valence-corrected chi connectivity index (χ3v) is 2.91. The summed E-state index contributed by atoms with van der Waals surface area (Å²) in [5.74, 6) is -2.40. The van der Waals surface area contributed by atoms with E-state index in [1.165, 1.54) is 7.11 Å². The maximum absolute atomic E-state index is 11.9. The predicted molar refractivity (Wildman–Crippen MR) is 75.4 cm³/mol. The number of carbonyl (C=O) groups excluding carboxylic acids is 3. The number of hydrogen-bond acceptors (Lipinski definition) is 7. The van der Waals surface area contributed by atoms with Gasteiger partial charge in [0.25, 0.3) is 0 Å². The van der Waals surface area contributed by atoms with Crippen molar-refractivity contribution >= 4 is 17.8 Å². The van der Waals surface area contributed by atoms with Crippen molar-refractivity contribution in [2.75, 3.05) is 7.11 Å². The molecule has 0 aliphatic rings. The number of nitrogens with one attached hydrogen (secondary N) is 1. The largest absolute Gasteiger partial charge is 0.467 e. The maximum Gasteiger partial charge on any atom is 0.344 e. The quantitative estimate of drug-likeness (QED) is 0.356. The Morgan fingerprint density at radius 2 is 1.91 bits per heavy atom. The number of rotatable bonds is 7. The van der Waals surface area contributed by atoms with Gasteiger partial charge in [-0.3, -0.25) is 4.79 Å². The topological polar surface area (TPSA) is 128 Å². The van der Waals surface area contributed by atoms with Crippen LogP contribution in [0.4, 0.5) is 0 Å². The van der Waals surface area contributed by atoms with E-state index in [-0.39, 0.29) is 6.42 Å². The molecule has 4 N–H and O–H groups in total. The average Bonchev–Trinajstić information content (AvgIpc) is 2.54. The minimum absolute atomic E-state index is 0.219. The van der Waals surface area contributed by atoms with Crippen LogP contribution < -0.4 is 11.1 Å². The van der Waals surface area contributed by atoms with Gasteiger partial charge in [-0.25, -0.2) is 9.59 Å². The lowest BCUT2D eigenvalue weighted by molar-refractivity contribution is -0.234. The number of carbonyl (C=O) groups is 3. The zero-order chi connectivity index (χ0) is 16.5. The molecule has 1 aromatic carbocycles. The second-order valence-corrected chi connectivity index (χ2v) is 4.55. The van der Waals surface area contributed by atoms with Crippen molar-refractivity contribution in [2.45, 2.75) is 24.9 Å². The highest BCUT2D eigenvalue weighted by atomic mass is 17.1. The van der Waals surface area contributed by atoms with Crippen LogP contribution in [0.2, 0.25) is 0 Å². The van der Waals surface area contributed by atoms with Gasteiger partial charge in [-0.15, -0.1) is 0 Å². The van der Waals surface area contributed by atoms with Crippen LogP contribution in [0.3, 0.4) is 0 Å². The summed E-state index contributed by atoms with van der Waals surface area (Å²) in [6.45, 7) is 0. The summed E-state index contributed by atoms with van der Waals surface area (Å²) in [6, 6.07) is 6.84. The van der Waals surface area contributed by atoms with Gasteiger partial charge < -0.3 is 20.7 Å². The lowest BCUT2D eigenvalue weighted by Gasteiger charge is -2.18. The monoisotopic (exact) mass is 310 g/mol. The third-order valence-electron chi connectivity index (χ3n) is 2.91. The first-order chi connectivity index (χ1) is 10.5. The molecule has 22 heavy (non-hydrogen) atoms. The molecule has 0 radical (unpaired) electrons. The first-order valence-electron chi connectivity index (χ1n) is 6.50. The van der Waals surface area contributed by atoms with Gasteiger partial charge >= 0.3 is 11.9 Å². The van der Waals surface area contributed by atoms with Crippen LogP contribution in [-0.2, 0) is 30.4 Å². The Hall–Kier alpha value is -2.45. The maximum atomic E-state index is 11.9. The molecule has 0 aliphatic heterocycles. The van der Waals surface area contributed by atoms with Crippen LogP contribution in [0.1, 0.15) is 12.0 Å². The Bertz CT molecular complexity index is 519. The van der Waals surface area contributed by atoms with Crippen molar-refractivity contribution < 1.29 is 29.3 Å². The molecular formula is C14H18N2O6. The van der Waals surface area contributed by atoms with Crippen LogP contribution in [0, 0.1) is 0 Å². The zero-order valence-corrected chi connectivity index (χ0v) is 12.0.